The summed E-state index contributed by atoms with van der Waals surface area (Å²) in [5.41, 5.74) is 3.17. The monoisotopic (exact) mass is 253 g/mol. The van der Waals surface area contributed by atoms with Crippen molar-refractivity contribution in [3.8, 4) is 0 Å². The minimum atomic E-state index is 0.713. The number of hydrogen-bond donors (Lipinski definition) is 1. The zero-order chi connectivity index (χ0) is 12.1. The van der Waals surface area contributed by atoms with E-state index >= 15 is 0 Å². The van der Waals surface area contributed by atoms with Gasteiger partial charge >= 0.3 is 0 Å². The number of aromatic nitrogens is 1. The van der Waals surface area contributed by atoms with Gasteiger partial charge in [-0.1, -0.05) is 6.92 Å². The van der Waals surface area contributed by atoms with Crippen molar-refractivity contribution in [2.75, 3.05) is 19.6 Å². The smallest absolute Gasteiger partial charge is 0.0798 e. The normalized spacial score (nSPS) is 21.0. The molecule has 2 heterocycles. The average Bonchev–Trinajstić information content (AvgIpc) is 2.76. The maximum atomic E-state index is 4.35. The number of hydrogen-bond acceptors (Lipinski definition) is 4. The first-order chi connectivity index (χ1) is 8.31. The lowest BCUT2D eigenvalue weighted by Gasteiger charge is -2.34. The van der Waals surface area contributed by atoms with E-state index in [0.29, 0.717) is 6.04 Å². The van der Waals surface area contributed by atoms with Gasteiger partial charge < -0.3 is 5.32 Å². The van der Waals surface area contributed by atoms with Crippen LogP contribution in [0.3, 0.4) is 0 Å². The lowest BCUT2D eigenvalue weighted by Crippen LogP contribution is -2.45. The van der Waals surface area contributed by atoms with Gasteiger partial charge in [-0.05, 0) is 39.3 Å². The molecule has 0 saturated carbocycles. The van der Waals surface area contributed by atoms with Crippen LogP contribution in [0.5, 0.6) is 0 Å². The molecule has 0 amide bonds. The highest BCUT2D eigenvalue weighted by Gasteiger charge is 2.21. The summed E-state index contributed by atoms with van der Waals surface area (Å²) in [6.07, 6.45) is 3.88. The van der Waals surface area contributed by atoms with E-state index in [1.165, 1.54) is 42.9 Å². The Morgan fingerprint density at radius 3 is 3.06 bits per heavy atom. The van der Waals surface area contributed by atoms with Crippen molar-refractivity contribution < 1.29 is 0 Å². The molecule has 2 rings (SSSR count). The summed E-state index contributed by atoms with van der Waals surface area (Å²) >= 11 is 1.79. The predicted octanol–water partition coefficient (Wildman–Crippen LogP) is 2.42. The molecule has 1 unspecified atom stereocenters. The van der Waals surface area contributed by atoms with Crippen molar-refractivity contribution in [1.82, 2.24) is 15.2 Å². The van der Waals surface area contributed by atoms with Gasteiger partial charge in [0.25, 0.3) is 0 Å². The second-order valence-electron chi connectivity index (χ2n) is 4.83. The highest BCUT2D eigenvalue weighted by molar-refractivity contribution is 7.09. The van der Waals surface area contributed by atoms with Crippen LogP contribution in [-0.2, 0) is 6.54 Å². The van der Waals surface area contributed by atoms with Crippen LogP contribution in [0.1, 0.15) is 36.8 Å². The van der Waals surface area contributed by atoms with Gasteiger partial charge in [-0.3, -0.25) is 4.90 Å². The highest BCUT2D eigenvalue weighted by atomic mass is 32.1. The third-order valence-electron chi connectivity index (χ3n) is 3.49. The molecular formula is C13H23N3S. The third-order valence-corrected chi connectivity index (χ3v) is 4.41. The van der Waals surface area contributed by atoms with E-state index in [2.05, 4.69) is 29.0 Å². The zero-order valence-electron chi connectivity index (χ0n) is 10.9. The van der Waals surface area contributed by atoms with E-state index < -0.39 is 0 Å². The van der Waals surface area contributed by atoms with E-state index in [-0.39, 0.29) is 0 Å². The van der Waals surface area contributed by atoms with E-state index in [1.54, 1.807) is 11.3 Å². The lowest BCUT2D eigenvalue weighted by molar-refractivity contribution is 0.159. The van der Waals surface area contributed by atoms with Gasteiger partial charge in [-0.25, -0.2) is 4.98 Å². The third kappa shape index (κ3) is 3.50. The van der Waals surface area contributed by atoms with Crippen molar-refractivity contribution >= 4 is 11.3 Å². The Balaban J connectivity index is 1.98. The van der Waals surface area contributed by atoms with Gasteiger partial charge in [-0.15, -0.1) is 11.3 Å². The predicted molar refractivity (Wildman–Crippen MR) is 73.4 cm³/mol. The highest BCUT2D eigenvalue weighted by Crippen LogP contribution is 2.19. The van der Waals surface area contributed by atoms with Gasteiger partial charge in [-0.2, -0.15) is 0 Å². The molecule has 1 atom stereocenters. The fourth-order valence-electron chi connectivity index (χ4n) is 2.49. The van der Waals surface area contributed by atoms with Crippen LogP contribution in [0.2, 0.25) is 0 Å². The molecule has 0 radical (unpaired) electrons. The van der Waals surface area contributed by atoms with Crippen LogP contribution in [0.15, 0.2) is 5.51 Å². The minimum Gasteiger partial charge on any atom is -0.315 e. The maximum absolute atomic E-state index is 4.35. The zero-order valence-corrected chi connectivity index (χ0v) is 11.7. The van der Waals surface area contributed by atoms with Crippen molar-refractivity contribution in [1.29, 1.82) is 0 Å². The van der Waals surface area contributed by atoms with Crippen LogP contribution in [0, 0.1) is 6.92 Å². The molecule has 0 spiro atoms. The number of aryl methyl sites for hydroxylation is 1. The second kappa shape index (κ2) is 6.47. The Bertz CT molecular complexity index is 331. The molecule has 0 aromatic carbocycles. The van der Waals surface area contributed by atoms with Gasteiger partial charge in [0.05, 0.1) is 11.2 Å². The van der Waals surface area contributed by atoms with Crippen molar-refractivity contribution in [3.63, 3.8) is 0 Å². The summed E-state index contributed by atoms with van der Waals surface area (Å²) in [5, 5.41) is 3.51. The summed E-state index contributed by atoms with van der Waals surface area (Å²) in [7, 11) is 0. The van der Waals surface area contributed by atoms with Crippen LogP contribution >= 0.6 is 11.3 Å². The molecule has 17 heavy (non-hydrogen) atoms. The molecule has 1 aliphatic rings. The number of rotatable bonds is 5. The van der Waals surface area contributed by atoms with Crippen LogP contribution < -0.4 is 5.32 Å². The quantitative estimate of drug-likeness (QED) is 0.873. The fourth-order valence-corrected chi connectivity index (χ4v) is 3.29. The molecule has 0 aliphatic carbocycles. The largest absolute Gasteiger partial charge is 0.315 e. The molecule has 1 aromatic heterocycles. The summed E-state index contributed by atoms with van der Waals surface area (Å²) in [4.78, 5) is 8.42. The summed E-state index contributed by atoms with van der Waals surface area (Å²) < 4.78 is 0. The second-order valence-corrected chi connectivity index (χ2v) is 5.77. The maximum Gasteiger partial charge on any atom is 0.0798 e. The molecule has 1 saturated heterocycles. The molecule has 0 bridgehead atoms. The number of thiazole rings is 1. The number of nitrogens with one attached hydrogen (secondary N) is 1. The topological polar surface area (TPSA) is 28.2 Å². The van der Waals surface area contributed by atoms with Crippen LogP contribution in [0.4, 0.5) is 0 Å². The molecule has 1 fully saturated rings. The van der Waals surface area contributed by atoms with Gasteiger partial charge in [0.2, 0.25) is 0 Å². The molecule has 1 aliphatic heterocycles. The van der Waals surface area contributed by atoms with Gasteiger partial charge in [0.1, 0.15) is 0 Å². The molecule has 1 aromatic rings. The van der Waals surface area contributed by atoms with E-state index in [0.717, 1.165) is 13.1 Å². The van der Waals surface area contributed by atoms with Crippen molar-refractivity contribution in [2.45, 2.75) is 45.7 Å². The first-order valence-corrected chi connectivity index (χ1v) is 7.53. The Morgan fingerprint density at radius 1 is 1.59 bits per heavy atom. The summed E-state index contributed by atoms with van der Waals surface area (Å²) in [5.74, 6) is 0. The lowest BCUT2D eigenvalue weighted by atomic mass is 10.1. The Hall–Kier alpha value is -0.450. The summed E-state index contributed by atoms with van der Waals surface area (Å²) in [6.45, 7) is 9.01. The molecule has 1 N–H and O–H groups in total. The van der Waals surface area contributed by atoms with Crippen LogP contribution in [0.25, 0.3) is 0 Å². The SMILES string of the molecule is CCCN(Cc1scnc1C)C1CCCNC1. The fraction of sp³-hybridized carbons (Fsp3) is 0.769. The van der Waals surface area contributed by atoms with E-state index in [9.17, 15) is 0 Å². The standard InChI is InChI=1S/C13H23N3S/c1-3-7-16(12-5-4-6-14-8-12)9-13-11(2)15-10-17-13/h10,12,14H,3-9H2,1-2H3. The average molecular weight is 253 g/mol. The molecule has 4 heteroatoms. The van der Waals surface area contributed by atoms with Gasteiger partial charge in [0.15, 0.2) is 0 Å². The number of nitrogens with zero attached hydrogens (tertiary/aromatic N) is 2. The van der Waals surface area contributed by atoms with Crippen molar-refractivity contribution in [2.24, 2.45) is 0 Å². The van der Waals surface area contributed by atoms with E-state index in [1.807, 2.05) is 5.51 Å². The Kier molecular flexibility index (Phi) is 4.95. The first-order valence-electron chi connectivity index (χ1n) is 6.65. The number of piperidine rings is 1. The van der Waals surface area contributed by atoms with Crippen LogP contribution in [-0.4, -0.2) is 35.6 Å². The molecular weight excluding hydrogens is 230 g/mol. The first kappa shape index (κ1) is 13.0. The molecule has 3 nitrogen and oxygen atoms in total. The van der Waals surface area contributed by atoms with Gasteiger partial charge in [0, 0.05) is 24.0 Å². The Labute approximate surface area is 108 Å². The van der Waals surface area contributed by atoms with E-state index in [4.69, 9.17) is 0 Å². The van der Waals surface area contributed by atoms with Crippen molar-refractivity contribution in [3.05, 3.63) is 16.1 Å². The Morgan fingerprint density at radius 2 is 2.47 bits per heavy atom. The molecule has 96 valence electrons. The minimum absolute atomic E-state index is 0.713. The summed E-state index contributed by atoms with van der Waals surface area (Å²) in [6, 6.07) is 0.713.